The molecular weight excluding hydrogens is 422 g/mol. The summed E-state index contributed by atoms with van der Waals surface area (Å²) in [5.74, 6) is -1.48. The van der Waals surface area contributed by atoms with E-state index in [0.717, 1.165) is 28.4 Å². The minimum atomic E-state index is -0.589. The molecule has 4 aromatic rings. The summed E-state index contributed by atoms with van der Waals surface area (Å²) in [6, 6.07) is 17.1. The van der Waals surface area contributed by atoms with Gasteiger partial charge in [-0.3, -0.25) is 30.2 Å². The van der Waals surface area contributed by atoms with E-state index >= 15 is 0 Å². The molecule has 9 heteroatoms. The van der Waals surface area contributed by atoms with Gasteiger partial charge in [-0.15, -0.1) is 0 Å². The number of aromatic nitrogens is 2. The predicted molar refractivity (Wildman–Crippen MR) is 124 cm³/mol. The topological polar surface area (TPSA) is 114 Å². The second-order valence-electron chi connectivity index (χ2n) is 7.28. The molecule has 0 saturated carbocycles. The normalized spacial score (nSPS) is 10.8. The van der Waals surface area contributed by atoms with Crippen molar-refractivity contribution in [3.05, 3.63) is 72.6 Å². The van der Waals surface area contributed by atoms with Crippen LogP contribution in [0.1, 0.15) is 17.3 Å². The lowest BCUT2D eigenvalue weighted by Crippen LogP contribution is -2.43. The molecule has 0 spiro atoms. The molecule has 2 heterocycles. The zero-order valence-electron chi connectivity index (χ0n) is 18.0. The van der Waals surface area contributed by atoms with Crippen molar-refractivity contribution in [1.29, 1.82) is 0 Å². The molecule has 0 fully saturated rings. The standard InChI is InChI=1S/C24H23N5O4/c1-2-29-20-8-4-3-7-18(20)19-12-17(9-10-21(19)29)26-22(30)14-33-15-23(31)27-28-24(32)16-6-5-11-25-13-16/h3-13H,2,14-15H2,1H3,(H,26,30)(H,27,31)(H,28,32). The van der Waals surface area contributed by atoms with E-state index in [9.17, 15) is 14.4 Å². The molecule has 0 bridgehead atoms. The van der Waals surface area contributed by atoms with Gasteiger partial charge in [-0.05, 0) is 43.3 Å². The molecule has 0 unspecified atom stereocenters. The number of rotatable bonds is 7. The minimum Gasteiger partial charge on any atom is -0.362 e. The van der Waals surface area contributed by atoms with Gasteiger partial charge in [0.1, 0.15) is 13.2 Å². The van der Waals surface area contributed by atoms with E-state index in [4.69, 9.17) is 4.74 Å². The van der Waals surface area contributed by atoms with Crippen molar-refractivity contribution in [1.82, 2.24) is 20.4 Å². The van der Waals surface area contributed by atoms with Crippen molar-refractivity contribution in [3.63, 3.8) is 0 Å². The second-order valence-corrected chi connectivity index (χ2v) is 7.28. The summed E-state index contributed by atoms with van der Waals surface area (Å²) in [6.45, 7) is 2.25. The van der Waals surface area contributed by atoms with Gasteiger partial charge in [0, 0.05) is 46.4 Å². The number of ether oxygens (including phenoxy) is 1. The molecule has 3 N–H and O–H groups in total. The van der Waals surface area contributed by atoms with Crippen LogP contribution in [0.15, 0.2) is 67.0 Å². The van der Waals surface area contributed by atoms with E-state index in [-0.39, 0.29) is 19.1 Å². The van der Waals surface area contributed by atoms with Crippen molar-refractivity contribution >= 4 is 45.2 Å². The minimum absolute atomic E-state index is 0.303. The zero-order chi connectivity index (χ0) is 23.2. The average molecular weight is 445 g/mol. The number of hydrazine groups is 1. The number of aryl methyl sites for hydroxylation is 1. The number of para-hydroxylation sites is 1. The van der Waals surface area contributed by atoms with Crippen LogP contribution < -0.4 is 16.2 Å². The number of nitrogens with one attached hydrogen (secondary N) is 3. The molecule has 0 saturated heterocycles. The summed E-state index contributed by atoms with van der Waals surface area (Å²) < 4.78 is 7.38. The number of nitrogens with zero attached hydrogens (tertiary/aromatic N) is 2. The van der Waals surface area contributed by atoms with Crippen LogP contribution in [0.25, 0.3) is 21.8 Å². The summed E-state index contributed by atoms with van der Waals surface area (Å²) in [6.07, 6.45) is 2.91. The highest BCUT2D eigenvalue weighted by atomic mass is 16.5. The fraction of sp³-hybridized carbons (Fsp3) is 0.167. The Hall–Kier alpha value is -4.24. The van der Waals surface area contributed by atoms with Crippen LogP contribution in [0, 0.1) is 0 Å². The van der Waals surface area contributed by atoms with E-state index in [1.54, 1.807) is 12.1 Å². The van der Waals surface area contributed by atoms with Crippen molar-refractivity contribution in [2.75, 3.05) is 18.5 Å². The molecule has 0 atom stereocenters. The second kappa shape index (κ2) is 9.92. The highest BCUT2D eigenvalue weighted by Gasteiger charge is 2.12. The largest absolute Gasteiger partial charge is 0.362 e. The van der Waals surface area contributed by atoms with Crippen LogP contribution in [0.5, 0.6) is 0 Å². The molecule has 2 aromatic carbocycles. The van der Waals surface area contributed by atoms with Crippen LogP contribution in [-0.4, -0.2) is 40.5 Å². The first-order valence-corrected chi connectivity index (χ1v) is 10.4. The predicted octanol–water partition coefficient (Wildman–Crippen LogP) is 2.63. The highest BCUT2D eigenvalue weighted by molar-refractivity contribution is 6.09. The lowest BCUT2D eigenvalue weighted by atomic mass is 10.1. The SMILES string of the molecule is CCn1c2ccccc2c2cc(NC(=O)COCC(=O)NNC(=O)c3cccnc3)ccc21. The van der Waals surface area contributed by atoms with E-state index < -0.39 is 11.8 Å². The number of carbonyl (C=O) groups is 3. The first kappa shape index (κ1) is 22.0. The number of pyridine rings is 1. The third-order valence-electron chi connectivity index (χ3n) is 5.08. The van der Waals surface area contributed by atoms with Crippen molar-refractivity contribution in [3.8, 4) is 0 Å². The van der Waals surface area contributed by atoms with Crippen molar-refractivity contribution < 1.29 is 19.1 Å². The number of fused-ring (bicyclic) bond motifs is 3. The van der Waals surface area contributed by atoms with Crippen molar-refractivity contribution in [2.24, 2.45) is 0 Å². The number of amides is 3. The first-order valence-electron chi connectivity index (χ1n) is 10.4. The number of carbonyl (C=O) groups excluding carboxylic acids is 3. The van der Waals surface area contributed by atoms with Gasteiger partial charge in [-0.1, -0.05) is 18.2 Å². The quantitative estimate of drug-likeness (QED) is 0.379. The van der Waals surface area contributed by atoms with E-state index in [2.05, 4.69) is 44.8 Å². The maximum Gasteiger partial charge on any atom is 0.271 e. The van der Waals surface area contributed by atoms with Gasteiger partial charge in [0.15, 0.2) is 0 Å². The summed E-state index contributed by atoms with van der Waals surface area (Å²) in [5, 5.41) is 4.96. The van der Waals surface area contributed by atoms with Crippen LogP contribution in [0.4, 0.5) is 5.69 Å². The average Bonchev–Trinajstić information content (AvgIpc) is 3.16. The molecule has 9 nitrogen and oxygen atoms in total. The Bertz CT molecular complexity index is 1320. The Morgan fingerprint density at radius 1 is 0.909 bits per heavy atom. The van der Waals surface area contributed by atoms with E-state index in [1.165, 1.54) is 12.4 Å². The summed E-state index contributed by atoms with van der Waals surface area (Å²) in [7, 11) is 0. The molecule has 0 aliphatic rings. The fourth-order valence-corrected chi connectivity index (χ4v) is 3.64. The molecular formula is C24H23N5O4. The van der Waals surface area contributed by atoms with Crippen LogP contribution in [0.3, 0.4) is 0 Å². The summed E-state index contributed by atoms with van der Waals surface area (Å²) >= 11 is 0. The third-order valence-corrected chi connectivity index (χ3v) is 5.08. The third kappa shape index (κ3) is 4.99. The lowest BCUT2D eigenvalue weighted by Gasteiger charge is -2.09. The molecule has 3 amide bonds. The summed E-state index contributed by atoms with van der Waals surface area (Å²) in [4.78, 5) is 39.8. The highest BCUT2D eigenvalue weighted by Crippen LogP contribution is 2.30. The first-order chi connectivity index (χ1) is 16.1. The van der Waals surface area contributed by atoms with Gasteiger partial charge >= 0.3 is 0 Å². The maximum atomic E-state index is 12.3. The van der Waals surface area contributed by atoms with Gasteiger partial charge in [-0.2, -0.15) is 0 Å². The molecule has 0 aliphatic heterocycles. The molecule has 0 radical (unpaired) electrons. The van der Waals surface area contributed by atoms with Gasteiger partial charge < -0.3 is 14.6 Å². The Morgan fingerprint density at radius 2 is 1.70 bits per heavy atom. The molecule has 33 heavy (non-hydrogen) atoms. The molecule has 0 aliphatic carbocycles. The number of anilines is 1. The lowest BCUT2D eigenvalue weighted by molar-refractivity contribution is -0.129. The number of hydrogen-bond donors (Lipinski definition) is 3. The number of benzene rings is 2. The Kier molecular flexibility index (Phi) is 6.61. The van der Waals surface area contributed by atoms with Crippen molar-refractivity contribution in [2.45, 2.75) is 13.5 Å². The Labute approximate surface area is 189 Å². The molecule has 2 aromatic heterocycles. The maximum absolute atomic E-state index is 12.3. The van der Waals surface area contributed by atoms with Crippen LogP contribution in [0.2, 0.25) is 0 Å². The number of hydrogen-bond acceptors (Lipinski definition) is 5. The monoisotopic (exact) mass is 445 g/mol. The molecule has 168 valence electrons. The van der Waals surface area contributed by atoms with Crippen LogP contribution >= 0.6 is 0 Å². The fourth-order valence-electron chi connectivity index (χ4n) is 3.64. The molecule has 4 rings (SSSR count). The van der Waals surface area contributed by atoms with Crippen LogP contribution in [-0.2, 0) is 20.9 Å². The smallest absolute Gasteiger partial charge is 0.271 e. The van der Waals surface area contributed by atoms with E-state index in [0.29, 0.717) is 11.3 Å². The van der Waals surface area contributed by atoms with Gasteiger partial charge in [0.25, 0.3) is 11.8 Å². The zero-order valence-corrected chi connectivity index (χ0v) is 18.0. The van der Waals surface area contributed by atoms with Gasteiger partial charge in [-0.25, -0.2) is 0 Å². The van der Waals surface area contributed by atoms with Gasteiger partial charge in [0.05, 0.1) is 5.56 Å². The Morgan fingerprint density at radius 3 is 2.48 bits per heavy atom. The Balaban J connectivity index is 1.29. The summed E-state index contributed by atoms with van der Waals surface area (Å²) in [5.41, 5.74) is 7.66. The van der Waals surface area contributed by atoms with Gasteiger partial charge in [0.2, 0.25) is 5.91 Å². The van der Waals surface area contributed by atoms with E-state index in [1.807, 2.05) is 30.3 Å².